The second-order valence-electron chi connectivity index (χ2n) is 5.79. The second kappa shape index (κ2) is 5.85. The van der Waals surface area contributed by atoms with Crippen molar-refractivity contribution in [2.75, 3.05) is 24.3 Å². The van der Waals surface area contributed by atoms with Gasteiger partial charge in [0.15, 0.2) is 0 Å². The summed E-state index contributed by atoms with van der Waals surface area (Å²) in [6.07, 6.45) is 5.51. The highest BCUT2D eigenvalue weighted by atomic mass is 16.3. The minimum Gasteiger partial charge on any atom is -0.394 e. The Bertz CT molecular complexity index is 623. The monoisotopic (exact) mass is 286 g/mol. The summed E-state index contributed by atoms with van der Waals surface area (Å²) in [6, 6.07) is 7.96. The molecule has 0 unspecified atom stereocenters. The molecular weight excluding hydrogens is 264 g/mol. The molecule has 1 aliphatic rings. The van der Waals surface area contributed by atoms with Crippen molar-refractivity contribution in [3.8, 4) is 0 Å². The molecule has 0 bridgehead atoms. The summed E-state index contributed by atoms with van der Waals surface area (Å²) in [5, 5.41) is 17.4. The lowest BCUT2D eigenvalue weighted by Crippen LogP contribution is -2.44. The summed E-state index contributed by atoms with van der Waals surface area (Å²) in [5.41, 5.74) is 0.656. The number of fused-ring (bicyclic) bond motifs is 1. The predicted molar refractivity (Wildman–Crippen MR) is 85.6 cm³/mol. The smallest absolute Gasteiger partial charge is 0.224 e. The van der Waals surface area contributed by atoms with Crippen LogP contribution < -0.4 is 10.6 Å². The number of nitrogens with one attached hydrogen (secondary N) is 2. The Kier molecular flexibility index (Phi) is 3.92. The van der Waals surface area contributed by atoms with Gasteiger partial charge in [-0.1, -0.05) is 31.4 Å². The summed E-state index contributed by atoms with van der Waals surface area (Å²) in [4.78, 5) is 9.03. The minimum atomic E-state index is -0.250. The van der Waals surface area contributed by atoms with E-state index < -0.39 is 0 Å². The third-order valence-corrected chi connectivity index (χ3v) is 4.32. The van der Waals surface area contributed by atoms with Crippen LogP contribution in [0.1, 0.15) is 32.1 Å². The molecule has 1 aliphatic carbocycles. The molecule has 0 spiro atoms. The Balaban J connectivity index is 2.02. The number of nitrogens with zero attached hydrogens (tertiary/aromatic N) is 2. The van der Waals surface area contributed by atoms with E-state index in [1.54, 1.807) is 0 Å². The molecule has 21 heavy (non-hydrogen) atoms. The van der Waals surface area contributed by atoms with E-state index in [1.165, 1.54) is 6.42 Å². The Hall–Kier alpha value is -1.88. The Morgan fingerprint density at radius 1 is 1.14 bits per heavy atom. The zero-order chi connectivity index (χ0) is 14.7. The number of hydrogen-bond acceptors (Lipinski definition) is 5. The van der Waals surface area contributed by atoms with Crippen molar-refractivity contribution >= 4 is 22.7 Å². The van der Waals surface area contributed by atoms with Gasteiger partial charge in [-0.15, -0.1) is 0 Å². The van der Waals surface area contributed by atoms with Crippen molar-refractivity contribution in [3.63, 3.8) is 0 Å². The van der Waals surface area contributed by atoms with Gasteiger partial charge in [0.25, 0.3) is 0 Å². The molecule has 1 aromatic carbocycles. The number of anilines is 2. The molecule has 0 saturated heterocycles. The first-order valence-electron chi connectivity index (χ1n) is 7.60. The number of aliphatic hydroxyl groups excluding tert-OH is 1. The van der Waals surface area contributed by atoms with Crippen LogP contribution in [0.25, 0.3) is 10.9 Å². The summed E-state index contributed by atoms with van der Waals surface area (Å²) < 4.78 is 0. The van der Waals surface area contributed by atoms with Crippen LogP contribution in [-0.4, -0.2) is 34.3 Å². The number of hydrogen-bond donors (Lipinski definition) is 3. The lowest BCUT2D eigenvalue weighted by Gasteiger charge is -2.37. The van der Waals surface area contributed by atoms with Crippen LogP contribution in [0.3, 0.4) is 0 Å². The lowest BCUT2D eigenvalue weighted by atomic mass is 9.82. The van der Waals surface area contributed by atoms with Gasteiger partial charge in [0.1, 0.15) is 5.82 Å². The van der Waals surface area contributed by atoms with Crippen molar-refractivity contribution in [3.05, 3.63) is 24.3 Å². The first-order chi connectivity index (χ1) is 10.3. The molecule has 1 fully saturated rings. The summed E-state index contributed by atoms with van der Waals surface area (Å²) >= 11 is 0. The fraction of sp³-hybridized carbons (Fsp3) is 0.500. The molecule has 5 nitrogen and oxygen atoms in total. The number of benzene rings is 1. The predicted octanol–water partition coefficient (Wildman–Crippen LogP) is 2.78. The van der Waals surface area contributed by atoms with Crippen LogP contribution in [-0.2, 0) is 0 Å². The molecule has 3 N–H and O–H groups in total. The van der Waals surface area contributed by atoms with Gasteiger partial charge in [0, 0.05) is 12.4 Å². The quantitative estimate of drug-likeness (QED) is 0.806. The van der Waals surface area contributed by atoms with Gasteiger partial charge < -0.3 is 15.7 Å². The Morgan fingerprint density at radius 2 is 1.90 bits per heavy atom. The average molecular weight is 286 g/mol. The molecule has 0 radical (unpaired) electrons. The third kappa shape index (κ3) is 2.78. The largest absolute Gasteiger partial charge is 0.394 e. The minimum absolute atomic E-state index is 0.139. The maximum absolute atomic E-state index is 9.88. The lowest BCUT2D eigenvalue weighted by molar-refractivity contribution is 0.172. The molecule has 1 heterocycles. The topological polar surface area (TPSA) is 70.1 Å². The average Bonchev–Trinajstić information content (AvgIpc) is 2.55. The van der Waals surface area contributed by atoms with Crippen molar-refractivity contribution in [1.82, 2.24) is 9.97 Å². The van der Waals surface area contributed by atoms with E-state index in [2.05, 4.69) is 20.6 Å². The van der Waals surface area contributed by atoms with Gasteiger partial charge >= 0.3 is 0 Å². The van der Waals surface area contributed by atoms with Crippen LogP contribution in [0.2, 0.25) is 0 Å². The summed E-state index contributed by atoms with van der Waals surface area (Å²) in [5.74, 6) is 1.40. The van der Waals surface area contributed by atoms with Gasteiger partial charge in [0.2, 0.25) is 5.95 Å². The molecule has 3 rings (SSSR count). The molecule has 112 valence electrons. The third-order valence-electron chi connectivity index (χ3n) is 4.32. The SMILES string of the molecule is CNc1nc(NC2(CO)CCCCC2)c2ccccc2n1. The maximum Gasteiger partial charge on any atom is 0.224 e. The number of aromatic nitrogens is 2. The number of para-hydroxylation sites is 1. The second-order valence-corrected chi connectivity index (χ2v) is 5.79. The molecule has 2 aromatic rings. The van der Waals surface area contributed by atoms with Gasteiger partial charge in [-0.05, 0) is 25.0 Å². The Morgan fingerprint density at radius 3 is 2.62 bits per heavy atom. The standard InChI is InChI=1S/C16H22N4O/c1-17-15-18-13-8-4-3-7-12(13)14(19-15)20-16(11-21)9-5-2-6-10-16/h3-4,7-8,21H,2,5-6,9-11H2,1H3,(H2,17,18,19,20). The fourth-order valence-corrected chi connectivity index (χ4v) is 3.09. The van der Waals surface area contributed by atoms with Gasteiger partial charge in [0.05, 0.1) is 17.7 Å². The van der Waals surface area contributed by atoms with Gasteiger partial charge in [-0.3, -0.25) is 0 Å². The molecule has 5 heteroatoms. The first kappa shape index (κ1) is 14.1. The molecule has 0 aliphatic heterocycles. The number of aliphatic hydroxyl groups is 1. The van der Waals surface area contributed by atoms with Crippen molar-refractivity contribution < 1.29 is 5.11 Å². The zero-order valence-corrected chi connectivity index (χ0v) is 12.4. The first-order valence-corrected chi connectivity index (χ1v) is 7.60. The Labute approximate surface area is 124 Å². The van der Waals surface area contributed by atoms with E-state index in [4.69, 9.17) is 0 Å². The number of rotatable bonds is 4. The van der Waals surface area contributed by atoms with E-state index in [9.17, 15) is 5.11 Å². The van der Waals surface area contributed by atoms with Crippen LogP contribution in [0.15, 0.2) is 24.3 Å². The van der Waals surface area contributed by atoms with Crippen LogP contribution in [0, 0.1) is 0 Å². The molecule has 0 amide bonds. The maximum atomic E-state index is 9.88. The van der Waals surface area contributed by atoms with Crippen LogP contribution in [0.4, 0.5) is 11.8 Å². The fourth-order valence-electron chi connectivity index (χ4n) is 3.09. The van der Waals surface area contributed by atoms with E-state index >= 15 is 0 Å². The van der Waals surface area contributed by atoms with E-state index in [1.807, 2.05) is 31.3 Å². The van der Waals surface area contributed by atoms with Crippen LogP contribution in [0.5, 0.6) is 0 Å². The van der Waals surface area contributed by atoms with Crippen LogP contribution >= 0.6 is 0 Å². The zero-order valence-electron chi connectivity index (χ0n) is 12.4. The van der Waals surface area contributed by atoms with Gasteiger partial charge in [-0.2, -0.15) is 4.98 Å². The molecular formula is C16H22N4O. The van der Waals surface area contributed by atoms with Crippen molar-refractivity contribution in [1.29, 1.82) is 0 Å². The van der Waals surface area contributed by atoms with E-state index in [0.29, 0.717) is 5.95 Å². The molecule has 0 atom stereocenters. The summed E-state index contributed by atoms with van der Waals surface area (Å²) in [7, 11) is 1.82. The van der Waals surface area contributed by atoms with Crippen molar-refractivity contribution in [2.24, 2.45) is 0 Å². The van der Waals surface area contributed by atoms with Crippen molar-refractivity contribution in [2.45, 2.75) is 37.6 Å². The normalized spacial score (nSPS) is 17.6. The van der Waals surface area contributed by atoms with E-state index in [0.717, 1.165) is 42.4 Å². The highest BCUT2D eigenvalue weighted by Gasteiger charge is 2.32. The molecule has 1 saturated carbocycles. The van der Waals surface area contributed by atoms with Gasteiger partial charge in [-0.25, -0.2) is 4.98 Å². The van der Waals surface area contributed by atoms with E-state index in [-0.39, 0.29) is 12.1 Å². The molecule has 1 aromatic heterocycles. The highest BCUT2D eigenvalue weighted by molar-refractivity contribution is 5.90. The highest BCUT2D eigenvalue weighted by Crippen LogP contribution is 2.33. The summed E-state index contributed by atoms with van der Waals surface area (Å²) in [6.45, 7) is 0.139.